The second-order valence-electron chi connectivity index (χ2n) is 7.72. The molecule has 0 aromatic heterocycles. The van der Waals surface area contributed by atoms with Crippen molar-refractivity contribution < 1.29 is 18.3 Å². The van der Waals surface area contributed by atoms with Gasteiger partial charge >= 0.3 is 0 Å². The SMILES string of the molecule is Fc1ccc2c3c(ccc2c1)OCCCCCCOc1ccc2cc(F)ccc2c1-3. The van der Waals surface area contributed by atoms with E-state index in [2.05, 4.69) is 0 Å². The van der Waals surface area contributed by atoms with Crippen LogP contribution in [-0.4, -0.2) is 13.2 Å². The maximum Gasteiger partial charge on any atom is 0.127 e. The fraction of sp³-hybridized carbons (Fsp3) is 0.231. The molecule has 0 saturated heterocycles. The van der Waals surface area contributed by atoms with Gasteiger partial charge in [-0.1, -0.05) is 24.3 Å². The zero-order chi connectivity index (χ0) is 20.5. The maximum atomic E-state index is 13.9. The summed E-state index contributed by atoms with van der Waals surface area (Å²) in [5.41, 5.74) is 1.72. The van der Waals surface area contributed by atoms with Crippen LogP contribution in [0.4, 0.5) is 8.78 Å². The topological polar surface area (TPSA) is 18.5 Å². The van der Waals surface area contributed by atoms with Crippen LogP contribution < -0.4 is 9.47 Å². The maximum absolute atomic E-state index is 13.9. The Morgan fingerprint density at radius 3 is 1.47 bits per heavy atom. The summed E-state index contributed by atoms with van der Waals surface area (Å²) in [5.74, 6) is 0.897. The Bertz CT molecular complexity index is 1140. The molecule has 4 aromatic rings. The molecule has 1 aliphatic heterocycles. The number of hydrogen-bond acceptors (Lipinski definition) is 2. The summed E-state index contributed by atoms with van der Waals surface area (Å²) in [5, 5.41) is 3.34. The van der Waals surface area contributed by atoms with E-state index in [-0.39, 0.29) is 11.6 Å². The molecule has 30 heavy (non-hydrogen) atoms. The Hall–Kier alpha value is -3.14. The normalized spacial score (nSPS) is 14.7. The summed E-state index contributed by atoms with van der Waals surface area (Å²) >= 11 is 0. The number of rotatable bonds is 0. The molecule has 0 atom stereocenters. The van der Waals surface area contributed by atoms with Crippen molar-refractivity contribution in [3.63, 3.8) is 0 Å². The molecule has 0 saturated carbocycles. The minimum Gasteiger partial charge on any atom is -0.493 e. The number of fused-ring (bicyclic) bond motifs is 7. The number of ether oxygens (including phenoxy) is 2. The lowest BCUT2D eigenvalue weighted by Crippen LogP contribution is -2.04. The van der Waals surface area contributed by atoms with Crippen molar-refractivity contribution in [2.45, 2.75) is 25.7 Å². The summed E-state index contributed by atoms with van der Waals surface area (Å²) in [6, 6.07) is 17.1. The third-order valence-corrected chi connectivity index (χ3v) is 5.69. The third-order valence-electron chi connectivity index (χ3n) is 5.69. The summed E-state index contributed by atoms with van der Waals surface area (Å²) in [6.07, 6.45) is 4.10. The van der Waals surface area contributed by atoms with Crippen LogP contribution in [0.25, 0.3) is 32.7 Å². The Balaban J connectivity index is 1.86. The van der Waals surface area contributed by atoms with Crippen LogP contribution in [0.3, 0.4) is 0 Å². The average molecular weight is 404 g/mol. The van der Waals surface area contributed by atoms with Crippen molar-refractivity contribution in [2.75, 3.05) is 13.2 Å². The summed E-state index contributed by atoms with van der Waals surface area (Å²) < 4.78 is 40.3. The largest absolute Gasteiger partial charge is 0.493 e. The molecular weight excluding hydrogens is 382 g/mol. The standard InChI is InChI=1S/C26H22F2O2/c27-19-7-9-21-17(15-19)5-11-23-25(21)26-22-10-8-20(28)16-18(22)6-12-24(26)30-14-4-2-1-3-13-29-23/h5-12,15-16H,1-4,13-14H2. The van der Waals surface area contributed by atoms with E-state index in [9.17, 15) is 8.78 Å². The Labute approximate surface area is 174 Å². The fourth-order valence-electron chi connectivity index (χ4n) is 4.24. The van der Waals surface area contributed by atoms with Gasteiger partial charge in [0.05, 0.1) is 13.2 Å². The fourth-order valence-corrected chi connectivity index (χ4v) is 4.24. The van der Waals surface area contributed by atoms with Gasteiger partial charge < -0.3 is 9.47 Å². The molecule has 152 valence electrons. The van der Waals surface area contributed by atoms with Gasteiger partial charge in [0, 0.05) is 11.1 Å². The summed E-state index contributed by atoms with van der Waals surface area (Å²) in [7, 11) is 0. The molecule has 0 N–H and O–H groups in total. The molecule has 4 heteroatoms. The third kappa shape index (κ3) is 3.47. The van der Waals surface area contributed by atoms with Crippen LogP contribution in [0.1, 0.15) is 25.7 Å². The molecule has 2 nitrogen and oxygen atoms in total. The van der Waals surface area contributed by atoms with Crippen molar-refractivity contribution in [3.05, 3.63) is 72.3 Å². The summed E-state index contributed by atoms with van der Waals surface area (Å²) in [4.78, 5) is 0. The first-order valence-electron chi connectivity index (χ1n) is 10.4. The van der Waals surface area contributed by atoms with Gasteiger partial charge in [0.1, 0.15) is 23.1 Å². The number of hydrogen-bond donors (Lipinski definition) is 0. The van der Waals surface area contributed by atoms with Crippen LogP contribution in [0.15, 0.2) is 60.7 Å². The highest BCUT2D eigenvalue weighted by atomic mass is 19.1. The molecular formula is C26H22F2O2. The zero-order valence-electron chi connectivity index (χ0n) is 16.6. The van der Waals surface area contributed by atoms with Gasteiger partial charge in [0.2, 0.25) is 0 Å². The molecule has 1 aliphatic rings. The highest BCUT2D eigenvalue weighted by molar-refractivity contribution is 6.09. The van der Waals surface area contributed by atoms with E-state index < -0.39 is 0 Å². The molecule has 0 amide bonds. The first-order chi connectivity index (χ1) is 14.7. The molecule has 4 aromatic carbocycles. The van der Waals surface area contributed by atoms with Gasteiger partial charge in [-0.25, -0.2) is 8.78 Å². The average Bonchev–Trinajstić information content (AvgIpc) is 2.74. The van der Waals surface area contributed by atoms with Crippen molar-refractivity contribution >= 4 is 21.5 Å². The van der Waals surface area contributed by atoms with Gasteiger partial charge in [0.25, 0.3) is 0 Å². The van der Waals surface area contributed by atoms with E-state index in [0.717, 1.165) is 69.9 Å². The van der Waals surface area contributed by atoms with Crippen LogP contribution in [-0.2, 0) is 0 Å². The van der Waals surface area contributed by atoms with Crippen LogP contribution in [0.2, 0.25) is 0 Å². The van der Waals surface area contributed by atoms with Crippen LogP contribution in [0.5, 0.6) is 11.5 Å². The van der Waals surface area contributed by atoms with Gasteiger partial charge in [-0.05, 0) is 83.6 Å². The zero-order valence-corrected chi connectivity index (χ0v) is 16.6. The van der Waals surface area contributed by atoms with Crippen molar-refractivity contribution in [1.29, 1.82) is 0 Å². The van der Waals surface area contributed by atoms with E-state index in [1.807, 2.05) is 24.3 Å². The molecule has 5 rings (SSSR count). The van der Waals surface area contributed by atoms with E-state index >= 15 is 0 Å². The predicted molar refractivity (Wildman–Crippen MR) is 116 cm³/mol. The first-order valence-corrected chi connectivity index (χ1v) is 10.4. The molecule has 1 heterocycles. The van der Waals surface area contributed by atoms with Gasteiger partial charge in [-0.15, -0.1) is 0 Å². The second kappa shape index (κ2) is 7.94. The number of halogens is 2. The van der Waals surface area contributed by atoms with Gasteiger partial charge in [0.15, 0.2) is 0 Å². The van der Waals surface area contributed by atoms with Gasteiger partial charge in [-0.2, -0.15) is 0 Å². The first kappa shape index (κ1) is 18.9. The molecule has 0 fully saturated rings. The van der Waals surface area contributed by atoms with Crippen LogP contribution in [0, 0.1) is 11.6 Å². The monoisotopic (exact) mass is 404 g/mol. The van der Waals surface area contributed by atoms with Crippen LogP contribution >= 0.6 is 0 Å². The highest BCUT2D eigenvalue weighted by Crippen LogP contribution is 2.46. The lowest BCUT2D eigenvalue weighted by molar-refractivity contribution is 0.285. The quantitative estimate of drug-likeness (QED) is 0.307. The summed E-state index contributed by atoms with van der Waals surface area (Å²) in [6.45, 7) is 1.24. The molecule has 0 bridgehead atoms. The second-order valence-corrected chi connectivity index (χ2v) is 7.72. The minimum absolute atomic E-state index is 0.284. The lowest BCUT2D eigenvalue weighted by atomic mass is 9.92. The molecule has 0 radical (unpaired) electrons. The van der Waals surface area contributed by atoms with E-state index in [0.29, 0.717) is 13.2 Å². The van der Waals surface area contributed by atoms with E-state index in [4.69, 9.17) is 9.47 Å². The molecule has 0 spiro atoms. The highest BCUT2D eigenvalue weighted by Gasteiger charge is 2.20. The predicted octanol–water partition coefficient (Wildman–Crippen LogP) is 7.27. The molecule has 0 aliphatic carbocycles. The van der Waals surface area contributed by atoms with Crippen molar-refractivity contribution in [3.8, 4) is 22.6 Å². The number of benzene rings is 4. The minimum atomic E-state index is -0.284. The smallest absolute Gasteiger partial charge is 0.127 e. The lowest BCUT2D eigenvalue weighted by Gasteiger charge is -2.20. The Morgan fingerprint density at radius 2 is 1.00 bits per heavy atom. The van der Waals surface area contributed by atoms with Gasteiger partial charge in [-0.3, -0.25) is 0 Å². The van der Waals surface area contributed by atoms with E-state index in [1.165, 1.54) is 24.3 Å². The Morgan fingerprint density at radius 1 is 0.533 bits per heavy atom. The van der Waals surface area contributed by atoms with E-state index in [1.54, 1.807) is 12.1 Å². The van der Waals surface area contributed by atoms with Crippen molar-refractivity contribution in [1.82, 2.24) is 0 Å². The van der Waals surface area contributed by atoms with Crippen molar-refractivity contribution in [2.24, 2.45) is 0 Å². The Kier molecular flexibility index (Phi) is 4.99. The molecule has 0 unspecified atom stereocenters.